The topological polar surface area (TPSA) is 54.4 Å². The average Bonchev–Trinajstić information content (AvgIpc) is 2.05. The summed E-state index contributed by atoms with van der Waals surface area (Å²) in [6.07, 6.45) is 0.833. The first kappa shape index (κ1) is 14.9. The summed E-state index contributed by atoms with van der Waals surface area (Å²) in [6.45, 7) is 1.08. The van der Waals surface area contributed by atoms with Gasteiger partial charge < -0.3 is 5.11 Å². The molecule has 0 aliphatic carbocycles. The molecule has 66 valence electrons. The summed E-state index contributed by atoms with van der Waals surface area (Å²) < 4.78 is 0. The summed E-state index contributed by atoms with van der Waals surface area (Å²) >= 11 is 0. The second-order valence-electron chi connectivity index (χ2n) is 2.05. The summed E-state index contributed by atoms with van der Waals surface area (Å²) in [5, 5.41) is 7.42. The molecule has 0 spiro atoms. The predicted molar refractivity (Wildman–Crippen MR) is 52.3 cm³/mol. The van der Waals surface area contributed by atoms with Gasteiger partial charge in [0.1, 0.15) is 6.29 Å². The number of carboxylic acids is 1. The van der Waals surface area contributed by atoms with Crippen LogP contribution in [0.2, 0.25) is 0 Å². The van der Waals surface area contributed by atoms with Gasteiger partial charge >= 0.3 is 29.6 Å². The van der Waals surface area contributed by atoms with Crippen molar-refractivity contribution in [2.75, 3.05) is 0 Å². The third kappa shape index (κ3) is 11.4. The first-order valence-electron chi connectivity index (χ1n) is 3.36. The second-order valence-corrected chi connectivity index (χ2v) is 2.05. The maximum atomic E-state index is 10.0. The number of hydrogen-bond acceptors (Lipinski definition) is 2. The van der Waals surface area contributed by atoms with Crippen LogP contribution in [0.3, 0.4) is 0 Å². The van der Waals surface area contributed by atoms with Gasteiger partial charge in [0.05, 0.1) is 0 Å². The molecule has 0 unspecified atom stereocenters. The monoisotopic (exact) mass is 190 g/mol. The van der Waals surface area contributed by atoms with E-state index in [9.17, 15) is 4.79 Å². The minimum absolute atomic E-state index is 0. The standard InChI is InChI=1S/C7H6O.C2H4O2.Na.H/c8-6-7-4-2-1-3-5-7;1-2(3)4;;/h1-6H;1H3,(H,3,4);;. The molecular weight excluding hydrogens is 179 g/mol. The Labute approximate surface area is 99.1 Å². The molecule has 13 heavy (non-hydrogen) atoms. The van der Waals surface area contributed by atoms with Crippen molar-refractivity contribution < 1.29 is 14.7 Å². The van der Waals surface area contributed by atoms with E-state index in [0.717, 1.165) is 18.8 Å². The first-order chi connectivity index (χ1) is 5.66. The summed E-state index contributed by atoms with van der Waals surface area (Å²) in [5.41, 5.74) is 0.729. The van der Waals surface area contributed by atoms with Crippen LogP contribution in [0, 0.1) is 0 Å². The van der Waals surface area contributed by atoms with Gasteiger partial charge in [-0.15, -0.1) is 0 Å². The molecule has 0 saturated heterocycles. The van der Waals surface area contributed by atoms with E-state index in [-0.39, 0.29) is 29.6 Å². The minimum atomic E-state index is -0.833. The van der Waals surface area contributed by atoms with Crippen LogP contribution < -0.4 is 0 Å². The normalized spacial score (nSPS) is 7.15. The molecule has 4 heteroatoms. The van der Waals surface area contributed by atoms with Crippen LogP contribution in [0.4, 0.5) is 0 Å². The molecule has 0 heterocycles. The Kier molecular flexibility index (Phi) is 10.8. The number of aliphatic carboxylic acids is 1. The van der Waals surface area contributed by atoms with Crippen LogP contribution in [0.25, 0.3) is 0 Å². The van der Waals surface area contributed by atoms with Crippen molar-refractivity contribution in [2.24, 2.45) is 0 Å². The van der Waals surface area contributed by atoms with Crippen molar-refractivity contribution in [3.63, 3.8) is 0 Å². The third-order valence-corrected chi connectivity index (χ3v) is 0.936. The Hall–Kier alpha value is -0.640. The molecule has 3 nitrogen and oxygen atoms in total. The molecule has 0 aliphatic rings. The molecule has 0 bridgehead atoms. The van der Waals surface area contributed by atoms with Crippen LogP contribution in [-0.4, -0.2) is 46.9 Å². The number of carbonyl (C=O) groups is 2. The van der Waals surface area contributed by atoms with Crippen LogP contribution in [0.1, 0.15) is 17.3 Å². The van der Waals surface area contributed by atoms with E-state index in [4.69, 9.17) is 9.90 Å². The predicted octanol–water partition coefficient (Wildman–Crippen LogP) is 0.941. The summed E-state index contributed by atoms with van der Waals surface area (Å²) in [5.74, 6) is -0.833. The van der Waals surface area contributed by atoms with Crippen molar-refractivity contribution in [2.45, 2.75) is 6.92 Å². The van der Waals surface area contributed by atoms with Crippen LogP contribution >= 0.6 is 0 Å². The van der Waals surface area contributed by atoms with Crippen LogP contribution in [0.15, 0.2) is 30.3 Å². The summed E-state index contributed by atoms with van der Waals surface area (Å²) in [4.78, 5) is 19.0. The van der Waals surface area contributed by atoms with Gasteiger partial charge in [-0.25, -0.2) is 0 Å². The Morgan fingerprint density at radius 3 is 1.92 bits per heavy atom. The van der Waals surface area contributed by atoms with E-state index in [1.807, 2.05) is 18.2 Å². The fraction of sp³-hybridized carbons (Fsp3) is 0.111. The number of carboxylic acid groups (broad SMARTS) is 1. The molecule has 0 aromatic heterocycles. The van der Waals surface area contributed by atoms with Gasteiger partial charge in [-0.1, -0.05) is 30.3 Å². The molecule has 0 atom stereocenters. The molecule has 1 aromatic rings. The van der Waals surface area contributed by atoms with Crippen molar-refractivity contribution in [3.05, 3.63) is 35.9 Å². The Balaban J connectivity index is 0. The number of carbonyl (C=O) groups excluding carboxylic acids is 1. The zero-order valence-electron chi connectivity index (χ0n) is 6.73. The van der Waals surface area contributed by atoms with E-state index in [2.05, 4.69) is 0 Å². The average molecular weight is 190 g/mol. The molecule has 1 N–H and O–H groups in total. The van der Waals surface area contributed by atoms with Gasteiger partial charge in [0.25, 0.3) is 5.97 Å². The number of benzene rings is 1. The molecular formula is C9H11NaO3. The van der Waals surface area contributed by atoms with Crippen molar-refractivity contribution in [1.82, 2.24) is 0 Å². The zero-order valence-corrected chi connectivity index (χ0v) is 6.73. The van der Waals surface area contributed by atoms with Gasteiger partial charge in [-0.3, -0.25) is 9.59 Å². The molecule has 0 aliphatic heterocycles. The van der Waals surface area contributed by atoms with Gasteiger partial charge in [-0.2, -0.15) is 0 Å². The molecule has 0 saturated carbocycles. The van der Waals surface area contributed by atoms with Gasteiger partial charge in [0.15, 0.2) is 0 Å². The van der Waals surface area contributed by atoms with Gasteiger partial charge in [0.2, 0.25) is 0 Å². The van der Waals surface area contributed by atoms with Gasteiger partial charge in [-0.05, 0) is 0 Å². The first-order valence-corrected chi connectivity index (χ1v) is 3.36. The zero-order chi connectivity index (χ0) is 9.40. The molecule has 0 radical (unpaired) electrons. The SMILES string of the molecule is CC(=O)O.O=Cc1ccccc1.[NaH]. The number of hydrogen-bond donors (Lipinski definition) is 1. The van der Waals surface area contributed by atoms with Gasteiger partial charge in [0, 0.05) is 12.5 Å². The summed E-state index contributed by atoms with van der Waals surface area (Å²) in [7, 11) is 0. The van der Waals surface area contributed by atoms with Crippen molar-refractivity contribution >= 4 is 41.8 Å². The molecule has 1 rings (SSSR count). The third-order valence-electron chi connectivity index (χ3n) is 0.936. The fourth-order valence-corrected chi connectivity index (χ4v) is 0.532. The molecule has 0 amide bonds. The Bertz CT molecular complexity index is 242. The molecule has 0 fully saturated rings. The van der Waals surface area contributed by atoms with E-state index >= 15 is 0 Å². The Morgan fingerprint density at radius 2 is 1.69 bits per heavy atom. The van der Waals surface area contributed by atoms with E-state index < -0.39 is 5.97 Å². The van der Waals surface area contributed by atoms with E-state index in [1.165, 1.54) is 0 Å². The maximum absolute atomic E-state index is 10.0. The van der Waals surface area contributed by atoms with Crippen LogP contribution in [-0.2, 0) is 4.79 Å². The van der Waals surface area contributed by atoms with Crippen LogP contribution in [0.5, 0.6) is 0 Å². The second kappa shape index (κ2) is 9.45. The summed E-state index contributed by atoms with van der Waals surface area (Å²) in [6, 6.07) is 9.10. The molecule has 1 aromatic carbocycles. The van der Waals surface area contributed by atoms with Crippen molar-refractivity contribution in [3.8, 4) is 0 Å². The fourth-order valence-electron chi connectivity index (χ4n) is 0.532. The number of rotatable bonds is 1. The quantitative estimate of drug-likeness (QED) is 0.529. The Morgan fingerprint density at radius 1 is 1.31 bits per heavy atom. The number of aldehydes is 1. The van der Waals surface area contributed by atoms with E-state index in [1.54, 1.807) is 12.1 Å². The van der Waals surface area contributed by atoms with Crippen molar-refractivity contribution in [1.29, 1.82) is 0 Å². The van der Waals surface area contributed by atoms with E-state index in [0.29, 0.717) is 0 Å².